The average molecular weight is 242 g/mol. The van der Waals surface area contributed by atoms with E-state index in [2.05, 4.69) is 20.3 Å². The van der Waals surface area contributed by atoms with E-state index in [-0.39, 0.29) is 5.91 Å². The van der Waals surface area contributed by atoms with Gasteiger partial charge in [0.05, 0.1) is 11.9 Å². The van der Waals surface area contributed by atoms with E-state index in [0.717, 1.165) is 17.7 Å². The van der Waals surface area contributed by atoms with Crippen LogP contribution in [0.1, 0.15) is 21.7 Å². The van der Waals surface area contributed by atoms with E-state index < -0.39 is 0 Å². The molecular formula is C13H14N4O. The van der Waals surface area contributed by atoms with Crippen molar-refractivity contribution < 1.29 is 4.79 Å². The van der Waals surface area contributed by atoms with E-state index in [4.69, 9.17) is 0 Å². The molecule has 0 saturated carbocycles. The monoisotopic (exact) mass is 242 g/mol. The Labute approximate surface area is 105 Å². The summed E-state index contributed by atoms with van der Waals surface area (Å²) < 4.78 is 0. The lowest BCUT2D eigenvalue weighted by molar-refractivity contribution is 0.0948. The smallest absolute Gasteiger partial charge is 0.271 e. The maximum absolute atomic E-state index is 11.7. The molecule has 2 aromatic rings. The van der Waals surface area contributed by atoms with Gasteiger partial charge < -0.3 is 5.32 Å². The fraction of sp³-hybridized carbons (Fsp3) is 0.231. The first-order valence-electron chi connectivity index (χ1n) is 5.71. The summed E-state index contributed by atoms with van der Waals surface area (Å²) in [4.78, 5) is 23.7. The molecule has 0 aromatic carbocycles. The van der Waals surface area contributed by atoms with Gasteiger partial charge in [-0.25, -0.2) is 4.98 Å². The SMILES string of the molecule is Cc1cnc(C(=O)NCCc2ccncc2)cn1. The molecule has 18 heavy (non-hydrogen) atoms. The number of carbonyl (C=O) groups is 1. The molecule has 2 heterocycles. The molecule has 0 atom stereocenters. The second-order valence-corrected chi connectivity index (χ2v) is 3.90. The molecule has 0 aliphatic rings. The minimum absolute atomic E-state index is 0.198. The third-order valence-corrected chi connectivity index (χ3v) is 2.46. The average Bonchev–Trinajstić information content (AvgIpc) is 2.40. The number of nitrogens with zero attached hydrogens (tertiary/aromatic N) is 3. The molecule has 2 aromatic heterocycles. The van der Waals surface area contributed by atoms with E-state index in [0.29, 0.717) is 12.2 Å². The lowest BCUT2D eigenvalue weighted by Crippen LogP contribution is -2.26. The minimum atomic E-state index is -0.198. The Balaban J connectivity index is 1.84. The number of nitrogens with one attached hydrogen (secondary N) is 1. The predicted molar refractivity (Wildman–Crippen MR) is 67.0 cm³/mol. The topological polar surface area (TPSA) is 67.8 Å². The van der Waals surface area contributed by atoms with Crippen LogP contribution in [0.15, 0.2) is 36.9 Å². The van der Waals surface area contributed by atoms with Crippen LogP contribution in [0.3, 0.4) is 0 Å². The van der Waals surface area contributed by atoms with Crippen LogP contribution in [0.4, 0.5) is 0 Å². The van der Waals surface area contributed by atoms with E-state index in [9.17, 15) is 4.79 Å². The highest BCUT2D eigenvalue weighted by atomic mass is 16.1. The van der Waals surface area contributed by atoms with Crippen molar-refractivity contribution >= 4 is 5.91 Å². The number of aromatic nitrogens is 3. The van der Waals surface area contributed by atoms with Crippen LogP contribution < -0.4 is 5.32 Å². The Morgan fingerprint density at radius 3 is 2.67 bits per heavy atom. The van der Waals surface area contributed by atoms with Crippen LogP contribution in [-0.4, -0.2) is 27.4 Å². The third-order valence-electron chi connectivity index (χ3n) is 2.46. The Bertz CT molecular complexity index is 510. The lowest BCUT2D eigenvalue weighted by atomic mass is 10.2. The summed E-state index contributed by atoms with van der Waals surface area (Å²) in [6, 6.07) is 3.86. The van der Waals surface area contributed by atoms with Gasteiger partial charge in [0, 0.05) is 25.1 Å². The second kappa shape index (κ2) is 5.86. The number of aryl methyl sites for hydroxylation is 1. The zero-order valence-electron chi connectivity index (χ0n) is 10.1. The molecule has 0 aliphatic carbocycles. The summed E-state index contributed by atoms with van der Waals surface area (Å²) in [5.74, 6) is -0.198. The van der Waals surface area contributed by atoms with E-state index in [1.54, 1.807) is 18.6 Å². The Kier molecular flexibility index (Phi) is 3.96. The van der Waals surface area contributed by atoms with Crippen molar-refractivity contribution in [3.05, 3.63) is 53.9 Å². The molecule has 1 amide bonds. The number of hydrogen-bond acceptors (Lipinski definition) is 4. The number of rotatable bonds is 4. The largest absolute Gasteiger partial charge is 0.350 e. The van der Waals surface area contributed by atoms with Crippen molar-refractivity contribution in [3.63, 3.8) is 0 Å². The first-order chi connectivity index (χ1) is 8.75. The molecule has 0 spiro atoms. The number of hydrogen-bond donors (Lipinski definition) is 1. The van der Waals surface area contributed by atoms with Crippen molar-refractivity contribution in [2.45, 2.75) is 13.3 Å². The van der Waals surface area contributed by atoms with Gasteiger partial charge in [-0.1, -0.05) is 0 Å². The van der Waals surface area contributed by atoms with Crippen LogP contribution in [0.25, 0.3) is 0 Å². The van der Waals surface area contributed by atoms with E-state index >= 15 is 0 Å². The second-order valence-electron chi connectivity index (χ2n) is 3.90. The summed E-state index contributed by atoms with van der Waals surface area (Å²) in [5, 5.41) is 2.81. The van der Waals surface area contributed by atoms with Crippen LogP contribution >= 0.6 is 0 Å². The molecule has 2 rings (SSSR count). The summed E-state index contributed by atoms with van der Waals surface area (Å²) >= 11 is 0. The molecule has 0 saturated heterocycles. The standard InChI is InChI=1S/C13H14N4O/c1-10-8-17-12(9-16-10)13(18)15-7-4-11-2-5-14-6-3-11/h2-3,5-6,8-9H,4,7H2,1H3,(H,15,18). The molecule has 5 nitrogen and oxygen atoms in total. The highest BCUT2D eigenvalue weighted by Crippen LogP contribution is 1.97. The predicted octanol–water partition coefficient (Wildman–Crippen LogP) is 1.15. The molecule has 0 bridgehead atoms. The summed E-state index contributed by atoms with van der Waals surface area (Å²) in [6.45, 7) is 2.40. The van der Waals surface area contributed by atoms with Crippen molar-refractivity contribution in [3.8, 4) is 0 Å². The van der Waals surface area contributed by atoms with Crippen molar-refractivity contribution in [1.82, 2.24) is 20.3 Å². The van der Waals surface area contributed by atoms with E-state index in [1.807, 2.05) is 19.1 Å². The van der Waals surface area contributed by atoms with Gasteiger partial charge in [0.2, 0.25) is 0 Å². The number of carbonyl (C=O) groups excluding carboxylic acids is 1. The maximum atomic E-state index is 11.7. The maximum Gasteiger partial charge on any atom is 0.271 e. The number of amides is 1. The lowest BCUT2D eigenvalue weighted by Gasteiger charge is -2.04. The van der Waals surface area contributed by atoms with Crippen LogP contribution in [0.5, 0.6) is 0 Å². The van der Waals surface area contributed by atoms with Gasteiger partial charge in [-0.05, 0) is 31.0 Å². The molecule has 0 unspecified atom stereocenters. The first-order valence-corrected chi connectivity index (χ1v) is 5.71. The van der Waals surface area contributed by atoms with Gasteiger partial charge >= 0.3 is 0 Å². The van der Waals surface area contributed by atoms with Gasteiger partial charge in [-0.2, -0.15) is 0 Å². The molecule has 0 radical (unpaired) electrons. The zero-order valence-corrected chi connectivity index (χ0v) is 10.1. The van der Waals surface area contributed by atoms with Gasteiger partial charge in [0.15, 0.2) is 0 Å². The molecule has 1 N–H and O–H groups in total. The van der Waals surface area contributed by atoms with Crippen molar-refractivity contribution in [2.24, 2.45) is 0 Å². The normalized spacial score (nSPS) is 10.1. The van der Waals surface area contributed by atoms with Gasteiger partial charge in [0.1, 0.15) is 5.69 Å². The van der Waals surface area contributed by atoms with Gasteiger partial charge in [0.25, 0.3) is 5.91 Å². The molecular weight excluding hydrogens is 228 g/mol. The fourth-order valence-electron chi connectivity index (χ4n) is 1.47. The Morgan fingerprint density at radius 2 is 2.00 bits per heavy atom. The van der Waals surface area contributed by atoms with Gasteiger partial charge in [-0.15, -0.1) is 0 Å². The summed E-state index contributed by atoms with van der Waals surface area (Å²) in [7, 11) is 0. The highest BCUT2D eigenvalue weighted by molar-refractivity contribution is 5.91. The number of pyridine rings is 1. The van der Waals surface area contributed by atoms with Crippen molar-refractivity contribution in [1.29, 1.82) is 0 Å². The Morgan fingerprint density at radius 1 is 1.22 bits per heavy atom. The summed E-state index contributed by atoms with van der Waals surface area (Å²) in [6.07, 6.45) is 7.31. The van der Waals surface area contributed by atoms with Gasteiger partial charge in [-0.3, -0.25) is 14.8 Å². The Hall–Kier alpha value is -2.30. The van der Waals surface area contributed by atoms with Crippen molar-refractivity contribution in [2.75, 3.05) is 6.54 Å². The molecule has 5 heteroatoms. The molecule has 92 valence electrons. The fourth-order valence-corrected chi connectivity index (χ4v) is 1.47. The van der Waals surface area contributed by atoms with Crippen LogP contribution in [0.2, 0.25) is 0 Å². The molecule has 0 aliphatic heterocycles. The molecule has 0 fully saturated rings. The third kappa shape index (κ3) is 3.35. The highest BCUT2D eigenvalue weighted by Gasteiger charge is 2.06. The van der Waals surface area contributed by atoms with Crippen LogP contribution in [-0.2, 0) is 6.42 Å². The van der Waals surface area contributed by atoms with E-state index in [1.165, 1.54) is 6.20 Å². The minimum Gasteiger partial charge on any atom is -0.350 e. The quantitative estimate of drug-likeness (QED) is 0.873. The first kappa shape index (κ1) is 12.2. The van der Waals surface area contributed by atoms with Crippen LogP contribution in [0, 0.1) is 6.92 Å². The summed E-state index contributed by atoms with van der Waals surface area (Å²) in [5.41, 5.74) is 2.28. The zero-order chi connectivity index (χ0) is 12.8.